The Morgan fingerprint density at radius 2 is 0.513 bits per heavy atom. The third-order valence-corrected chi connectivity index (χ3v) is 28.3. The number of benzene rings is 14. The standard InChI is InChI=1S/C55H49N.C28H27Cl.C27H23N/c1-54(2)52-11-7-6-10-50(52)51-29-28-49(33-53(51)54)56(47-24-18-44(19-25-47)40-8-4-3-5-9-40)48-26-20-45(21-27-48)42-14-12-41(13-15-42)43-16-22-46(23-17-43)55-34-37-30-38(35-55)32-39(31-37)36-55;29-27-11-7-25(8-12-27)23-3-1-22(2-4-23)24-5-9-26(10-6-24)28-16-19-13-20(17-28)15-21(14-19)18-28;1-27(2)25-11-7-6-10-23(25)24-17-16-22(18-26(24)27)28-21-14-12-20(13-15-21)19-8-4-3-5-9-19/h3-29,33,37-39H,30-32,34-36H2,1-2H3;1-12,19-21H,13-18H2;3-18,28H,1-2H3. The van der Waals surface area contributed by atoms with E-state index < -0.39 is 0 Å². The van der Waals surface area contributed by atoms with Crippen LogP contribution in [-0.2, 0) is 21.7 Å². The number of hydrogen-bond acceptors (Lipinski definition) is 2. The van der Waals surface area contributed by atoms with Crippen molar-refractivity contribution < 1.29 is 0 Å². The minimum absolute atomic E-state index is 0.0286. The minimum Gasteiger partial charge on any atom is -0.356 e. The summed E-state index contributed by atoms with van der Waals surface area (Å²) in [5.41, 5.74) is 35.8. The summed E-state index contributed by atoms with van der Waals surface area (Å²) in [6.45, 7) is 9.35. The van der Waals surface area contributed by atoms with E-state index in [1.54, 1.807) is 11.1 Å². The zero-order valence-corrected chi connectivity index (χ0v) is 66.4. The zero-order valence-electron chi connectivity index (χ0n) is 65.6. The van der Waals surface area contributed by atoms with Gasteiger partial charge in [0, 0.05) is 44.3 Å². The number of nitrogens with zero attached hydrogens (tertiary/aromatic N) is 1. The second-order valence-electron chi connectivity index (χ2n) is 35.9. The Labute approximate surface area is 674 Å². The van der Waals surface area contributed by atoms with Crippen LogP contribution in [0.3, 0.4) is 0 Å². The molecule has 0 radical (unpaired) electrons. The molecule has 0 unspecified atom stereocenters. The highest BCUT2D eigenvalue weighted by molar-refractivity contribution is 6.30. The van der Waals surface area contributed by atoms with E-state index in [-0.39, 0.29) is 10.8 Å². The van der Waals surface area contributed by atoms with E-state index in [1.807, 2.05) is 18.2 Å². The third kappa shape index (κ3) is 13.5. The highest BCUT2D eigenvalue weighted by Gasteiger charge is 2.53. The van der Waals surface area contributed by atoms with Gasteiger partial charge in [-0.2, -0.15) is 0 Å². The van der Waals surface area contributed by atoms with Crippen LogP contribution in [0.2, 0.25) is 5.02 Å². The number of halogens is 1. The first kappa shape index (κ1) is 71.0. The van der Waals surface area contributed by atoms with Gasteiger partial charge >= 0.3 is 0 Å². The molecule has 8 saturated carbocycles. The van der Waals surface area contributed by atoms with E-state index in [9.17, 15) is 0 Å². The molecule has 14 aromatic rings. The zero-order chi connectivity index (χ0) is 76.0. The van der Waals surface area contributed by atoms with Crippen LogP contribution in [0.4, 0.5) is 28.4 Å². The molecule has 0 heterocycles. The molecule has 3 heteroatoms. The van der Waals surface area contributed by atoms with Gasteiger partial charge in [-0.05, 0) is 319 Å². The number of nitrogens with one attached hydrogen (secondary N) is 1. The summed E-state index contributed by atoms with van der Waals surface area (Å²) in [6.07, 6.45) is 17.6. The van der Waals surface area contributed by atoms with Crippen molar-refractivity contribution in [2.45, 2.75) is 126 Å². The van der Waals surface area contributed by atoms with E-state index in [4.69, 9.17) is 11.6 Å². The number of anilines is 5. The van der Waals surface area contributed by atoms with Crippen LogP contribution in [0.5, 0.6) is 0 Å². The fourth-order valence-electron chi connectivity index (χ4n) is 23.2. The summed E-state index contributed by atoms with van der Waals surface area (Å²) in [4.78, 5) is 2.41. The molecule has 0 aliphatic heterocycles. The second kappa shape index (κ2) is 28.9. The molecular formula is C110H99ClN2. The van der Waals surface area contributed by atoms with Crippen LogP contribution in [0.1, 0.15) is 138 Å². The highest BCUT2D eigenvalue weighted by atomic mass is 35.5. The van der Waals surface area contributed by atoms with Crippen LogP contribution in [-0.4, -0.2) is 0 Å². The molecule has 0 atom stereocenters. The van der Waals surface area contributed by atoms with E-state index in [0.29, 0.717) is 10.8 Å². The molecule has 8 fully saturated rings. The highest BCUT2D eigenvalue weighted by Crippen LogP contribution is 2.63. The first-order valence-electron chi connectivity index (χ1n) is 41.9. The van der Waals surface area contributed by atoms with Crippen LogP contribution in [0.25, 0.3) is 89.0 Å². The molecule has 1 N–H and O–H groups in total. The predicted octanol–water partition coefficient (Wildman–Crippen LogP) is 30.5. The van der Waals surface area contributed by atoms with E-state index in [1.165, 1.54) is 194 Å². The molecule has 0 saturated heterocycles. The van der Waals surface area contributed by atoms with Crippen LogP contribution in [0, 0.1) is 35.5 Å². The van der Waals surface area contributed by atoms with Crippen molar-refractivity contribution in [3.05, 3.63) is 378 Å². The molecule has 0 spiro atoms. The molecule has 2 nitrogen and oxygen atoms in total. The average molecular weight is 1480 g/mol. The Hall–Kier alpha value is -11.0. The lowest BCUT2D eigenvalue weighted by Gasteiger charge is -2.57. The lowest BCUT2D eigenvalue weighted by Crippen LogP contribution is -2.48. The van der Waals surface area contributed by atoms with Gasteiger partial charge in [0.1, 0.15) is 0 Å². The van der Waals surface area contributed by atoms with Gasteiger partial charge in [-0.15, -0.1) is 0 Å². The molecule has 14 aromatic carbocycles. The Balaban J connectivity index is 0.000000122. The molecule has 113 heavy (non-hydrogen) atoms. The molecule has 10 aliphatic rings. The minimum atomic E-state index is -0.0722. The van der Waals surface area contributed by atoms with Crippen LogP contribution in [0.15, 0.2) is 340 Å². The summed E-state index contributed by atoms with van der Waals surface area (Å²) in [6, 6.07) is 125. The van der Waals surface area contributed by atoms with Gasteiger partial charge in [-0.25, -0.2) is 0 Å². The van der Waals surface area contributed by atoms with Gasteiger partial charge in [0.15, 0.2) is 0 Å². The quantitative estimate of drug-likeness (QED) is 0.124. The summed E-state index contributed by atoms with van der Waals surface area (Å²) in [5.74, 6) is 5.93. The molecule has 0 aromatic heterocycles. The molecule has 10 aliphatic carbocycles. The van der Waals surface area contributed by atoms with Crippen molar-refractivity contribution in [3.63, 3.8) is 0 Å². The number of rotatable bonds is 13. The molecule has 24 rings (SSSR count). The lowest BCUT2D eigenvalue weighted by molar-refractivity contribution is -0.00530. The SMILES string of the molecule is CC1(C)c2ccccc2-c2ccc(N(c3ccc(-c4ccccc4)cc3)c3ccc(-c4ccc(-c5ccc(C67CC8CC(CC(C8)C6)C7)cc5)cc4)cc3)cc21.CC1(C)c2ccccc2-c2ccc(Nc3ccc(-c4ccccc4)cc3)cc21.Clc1ccc(-c2ccc(-c3ccc(C45CC6CC(CC(C6)C4)C5)cc3)cc2)cc1. The first-order valence-corrected chi connectivity index (χ1v) is 42.2. The van der Waals surface area contributed by atoms with Crippen molar-refractivity contribution >= 4 is 40.0 Å². The van der Waals surface area contributed by atoms with Crippen molar-refractivity contribution in [2.24, 2.45) is 35.5 Å². The Morgan fingerprint density at radius 1 is 0.248 bits per heavy atom. The normalized spacial score (nSPS) is 22.2. The monoisotopic (exact) mass is 1480 g/mol. The Bertz CT molecular complexity index is 5710. The Morgan fingerprint density at radius 3 is 0.885 bits per heavy atom. The fourth-order valence-corrected chi connectivity index (χ4v) is 23.3. The maximum atomic E-state index is 6.02. The van der Waals surface area contributed by atoms with E-state index in [2.05, 4.69) is 359 Å². The fraction of sp³-hybridized carbons (Fsp3) is 0.236. The molecule has 8 bridgehead atoms. The lowest BCUT2D eigenvalue weighted by atomic mass is 9.48. The van der Waals surface area contributed by atoms with Crippen LogP contribution >= 0.6 is 11.6 Å². The maximum Gasteiger partial charge on any atom is 0.0465 e. The van der Waals surface area contributed by atoms with Crippen LogP contribution < -0.4 is 10.2 Å². The maximum absolute atomic E-state index is 6.02. The van der Waals surface area contributed by atoms with Gasteiger partial charge < -0.3 is 10.2 Å². The summed E-state index contributed by atoms with van der Waals surface area (Å²) >= 11 is 6.02. The number of hydrogen-bond donors (Lipinski definition) is 1. The van der Waals surface area contributed by atoms with Crippen molar-refractivity contribution in [2.75, 3.05) is 10.2 Å². The topological polar surface area (TPSA) is 15.3 Å². The first-order chi connectivity index (χ1) is 55.2. The van der Waals surface area contributed by atoms with Gasteiger partial charge in [0.25, 0.3) is 0 Å². The van der Waals surface area contributed by atoms with Crippen molar-refractivity contribution in [1.82, 2.24) is 0 Å². The van der Waals surface area contributed by atoms with Crippen molar-refractivity contribution in [1.29, 1.82) is 0 Å². The van der Waals surface area contributed by atoms with Crippen molar-refractivity contribution in [3.8, 4) is 89.0 Å². The Kier molecular flexibility index (Phi) is 18.1. The second-order valence-corrected chi connectivity index (χ2v) is 36.3. The van der Waals surface area contributed by atoms with Gasteiger partial charge in [-0.1, -0.05) is 306 Å². The largest absolute Gasteiger partial charge is 0.356 e. The smallest absolute Gasteiger partial charge is 0.0465 e. The van der Waals surface area contributed by atoms with Gasteiger partial charge in [0.05, 0.1) is 0 Å². The summed E-state index contributed by atoms with van der Waals surface area (Å²) in [5, 5.41) is 4.36. The van der Waals surface area contributed by atoms with E-state index in [0.717, 1.165) is 63.3 Å². The molecule has 0 amide bonds. The average Bonchev–Trinajstić information content (AvgIpc) is 1.69. The summed E-state index contributed by atoms with van der Waals surface area (Å²) < 4.78 is 0. The molecule has 556 valence electrons. The molecular weight excluding hydrogens is 1380 g/mol. The summed E-state index contributed by atoms with van der Waals surface area (Å²) in [7, 11) is 0. The third-order valence-electron chi connectivity index (χ3n) is 28.1. The van der Waals surface area contributed by atoms with Gasteiger partial charge in [0.2, 0.25) is 0 Å². The predicted molar refractivity (Wildman–Crippen MR) is 476 cm³/mol. The number of fused-ring (bicyclic) bond motifs is 6. The van der Waals surface area contributed by atoms with Gasteiger partial charge in [-0.3, -0.25) is 0 Å². The van der Waals surface area contributed by atoms with E-state index >= 15 is 0 Å².